The monoisotopic (exact) mass is 181 g/mol. The molecule has 0 unspecified atom stereocenters. The third-order valence-electron chi connectivity index (χ3n) is 2.08. The number of nitro benzene ring substituents is 1. The fourth-order valence-corrected chi connectivity index (χ4v) is 1.16. The maximum atomic E-state index is 10.6. The van der Waals surface area contributed by atoms with Crippen molar-refractivity contribution in [3.05, 3.63) is 27.3 Å². The third-order valence-corrected chi connectivity index (χ3v) is 2.08. The van der Waals surface area contributed by atoms with Gasteiger partial charge in [0.15, 0.2) is 0 Å². The molecule has 0 spiro atoms. The van der Waals surface area contributed by atoms with Gasteiger partial charge >= 0.3 is 5.69 Å². The van der Waals surface area contributed by atoms with Crippen LogP contribution < -0.4 is 11.5 Å². The molecule has 5 heteroatoms. The van der Waals surface area contributed by atoms with Gasteiger partial charge in [0.25, 0.3) is 0 Å². The fourth-order valence-electron chi connectivity index (χ4n) is 1.16. The summed E-state index contributed by atoms with van der Waals surface area (Å²) in [5.74, 6) is 0. The Bertz CT molecular complexity index is 374. The smallest absolute Gasteiger partial charge is 0.315 e. The number of hydrogen-bond donors (Lipinski definition) is 2. The molecule has 1 aromatic rings. The van der Waals surface area contributed by atoms with Crippen LogP contribution in [0.5, 0.6) is 0 Å². The highest BCUT2D eigenvalue weighted by atomic mass is 16.6. The van der Waals surface area contributed by atoms with Crippen molar-refractivity contribution in [3.63, 3.8) is 0 Å². The fraction of sp³-hybridized carbons (Fsp3) is 0.250. The average molecular weight is 181 g/mol. The summed E-state index contributed by atoms with van der Waals surface area (Å²) in [6, 6.07) is 1.56. The van der Waals surface area contributed by atoms with E-state index in [1.165, 1.54) is 0 Å². The lowest BCUT2D eigenvalue weighted by Crippen LogP contribution is -2.03. The first kappa shape index (κ1) is 9.31. The number of nitro groups is 1. The van der Waals surface area contributed by atoms with E-state index >= 15 is 0 Å². The van der Waals surface area contributed by atoms with Crippen molar-refractivity contribution >= 4 is 17.1 Å². The number of nitrogens with zero attached hydrogens (tertiary/aromatic N) is 1. The van der Waals surface area contributed by atoms with Gasteiger partial charge in [0, 0.05) is 0 Å². The zero-order chi connectivity index (χ0) is 10.2. The summed E-state index contributed by atoms with van der Waals surface area (Å²) in [6.45, 7) is 3.54. The van der Waals surface area contributed by atoms with E-state index in [0.717, 1.165) is 5.56 Å². The molecule has 0 fully saturated rings. The van der Waals surface area contributed by atoms with Crippen LogP contribution in [0.4, 0.5) is 17.1 Å². The van der Waals surface area contributed by atoms with Crippen molar-refractivity contribution in [2.24, 2.45) is 0 Å². The highest BCUT2D eigenvalue weighted by molar-refractivity contribution is 5.77. The first-order valence-corrected chi connectivity index (χ1v) is 3.74. The molecule has 1 aromatic carbocycles. The van der Waals surface area contributed by atoms with Crippen LogP contribution in [0.2, 0.25) is 0 Å². The van der Waals surface area contributed by atoms with Gasteiger partial charge in [-0.3, -0.25) is 10.1 Å². The van der Waals surface area contributed by atoms with Crippen molar-refractivity contribution < 1.29 is 4.92 Å². The van der Waals surface area contributed by atoms with Crippen LogP contribution in [0.15, 0.2) is 6.07 Å². The summed E-state index contributed by atoms with van der Waals surface area (Å²) in [7, 11) is 0. The van der Waals surface area contributed by atoms with Crippen molar-refractivity contribution in [1.82, 2.24) is 0 Å². The lowest BCUT2D eigenvalue weighted by molar-refractivity contribution is -0.383. The molecule has 1 rings (SSSR count). The minimum Gasteiger partial charge on any atom is -0.393 e. The molecular weight excluding hydrogens is 170 g/mol. The highest BCUT2D eigenvalue weighted by Crippen LogP contribution is 2.33. The first-order valence-electron chi connectivity index (χ1n) is 3.74. The molecule has 0 aromatic heterocycles. The van der Waals surface area contributed by atoms with Gasteiger partial charge in [-0.25, -0.2) is 0 Å². The second-order valence-electron chi connectivity index (χ2n) is 2.93. The van der Waals surface area contributed by atoms with Gasteiger partial charge in [-0.1, -0.05) is 0 Å². The molecule has 0 heterocycles. The average Bonchev–Trinajstić information content (AvgIpc) is 1.99. The largest absolute Gasteiger partial charge is 0.393 e. The Hall–Kier alpha value is -1.78. The molecule has 70 valence electrons. The van der Waals surface area contributed by atoms with Crippen molar-refractivity contribution in [2.75, 3.05) is 11.5 Å². The molecule has 13 heavy (non-hydrogen) atoms. The molecule has 0 atom stereocenters. The molecule has 0 saturated carbocycles. The molecular formula is C8H11N3O2. The quantitative estimate of drug-likeness (QED) is 0.388. The number of hydrogen-bond acceptors (Lipinski definition) is 4. The number of benzene rings is 1. The predicted molar refractivity (Wildman–Crippen MR) is 51.4 cm³/mol. The Morgan fingerprint density at radius 2 is 1.92 bits per heavy atom. The van der Waals surface area contributed by atoms with Crippen LogP contribution >= 0.6 is 0 Å². The van der Waals surface area contributed by atoms with Crippen LogP contribution in [-0.4, -0.2) is 4.92 Å². The second kappa shape index (κ2) is 2.93. The Kier molecular flexibility index (Phi) is 2.10. The Labute approximate surface area is 75.5 Å². The van der Waals surface area contributed by atoms with Gasteiger partial charge in [0.05, 0.1) is 4.92 Å². The number of aryl methyl sites for hydroxylation is 1. The van der Waals surface area contributed by atoms with Crippen LogP contribution in [0, 0.1) is 24.0 Å². The number of rotatable bonds is 1. The van der Waals surface area contributed by atoms with Crippen LogP contribution in [0.3, 0.4) is 0 Å². The van der Waals surface area contributed by atoms with Gasteiger partial charge < -0.3 is 11.5 Å². The lowest BCUT2D eigenvalue weighted by atomic mass is 10.1. The second-order valence-corrected chi connectivity index (χ2v) is 2.93. The SMILES string of the molecule is Cc1cc(N)c([N+](=O)[O-])c(N)c1C. The van der Waals surface area contributed by atoms with E-state index in [9.17, 15) is 10.1 Å². The lowest BCUT2D eigenvalue weighted by Gasteiger charge is -2.06. The van der Waals surface area contributed by atoms with Gasteiger partial charge in [-0.2, -0.15) is 0 Å². The van der Waals surface area contributed by atoms with E-state index in [4.69, 9.17) is 11.5 Å². The maximum Gasteiger partial charge on any atom is 0.315 e. The van der Waals surface area contributed by atoms with Gasteiger partial charge in [0.2, 0.25) is 0 Å². The topological polar surface area (TPSA) is 95.2 Å². The normalized spacial score (nSPS) is 10.0. The van der Waals surface area contributed by atoms with Crippen molar-refractivity contribution in [3.8, 4) is 0 Å². The molecule has 0 radical (unpaired) electrons. The first-order chi connectivity index (χ1) is 5.95. The third kappa shape index (κ3) is 1.40. The predicted octanol–water partition coefficient (Wildman–Crippen LogP) is 1.38. The van der Waals surface area contributed by atoms with E-state index in [2.05, 4.69) is 0 Å². The van der Waals surface area contributed by atoms with E-state index < -0.39 is 4.92 Å². The zero-order valence-corrected chi connectivity index (χ0v) is 7.50. The van der Waals surface area contributed by atoms with Crippen molar-refractivity contribution in [2.45, 2.75) is 13.8 Å². The minimum absolute atomic E-state index is 0.116. The van der Waals surface area contributed by atoms with Crippen LogP contribution in [0.1, 0.15) is 11.1 Å². The van der Waals surface area contributed by atoms with E-state index in [0.29, 0.717) is 5.56 Å². The van der Waals surface area contributed by atoms with E-state index in [-0.39, 0.29) is 17.1 Å². The summed E-state index contributed by atoms with van der Waals surface area (Å²) in [4.78, 5) is 9.99. The molecule has 0 aliphatic carbocycles. The van der Waals surface area contributed by atoms with Gasteiger partial charge in [-0.05, 0) is 31.0 Å². The van der Waals surface area contributed by atoms with E-state index in [1.807, 2.05) is 6.92 Å². The zero-order valence-electron chi connectivity index (χ0n) is 7.50. The Balaban J connectivity index is 3.53. The van der Waals surface area contributed by atoms with E-state index in [1.54, 1.807) is 13.0 Å². The standard InChI is InChI=1S/C8H11N3O2/c1-4-3-6(9)8(11(12)13)7(10)5(4)2/h3H,9-10H2,1-2H3. The van der Waals surface area contributed by atoms with Crippen LogP contribution in [-0.2, 0) is 0 Å². The molecule has 0 aliphatic rings. The summed E-state index contributed by atoms with van der Waals surface area (Å²) >= 11 is 0. The van der Waals surface area contributed by atoms with Gasteiger partial charge in [-0.15, -0.1) is 0 Å². The highest BCUT2D eigenvalue weighted by Gasteiger charge is 2.19. The number of nitrogens with two attached hydrogens (primary N) is 2. The molecule has 0 amide bonds. The van der Waals surface area contributed by atoms with Gasteiger partial charge in [0.1, 0.15) is 11.4 Å². The summed E-state index contributed by atoms with van der Waals surface area (Å²) in [6.07, 6.45) is 0. The van der Waals surface area contributed by atoms with Crippen molar-refractivity contribution in [1.29, 1.82) is 0 Å². The van der Waals surface area contributed by atoms with Crippen LogP contribution in [0.25, 0.3) is 0 Å². The molecule has 0 bridgehead atoms. The molecule has 0 saturated heterocycles. The Morgan fingerprint density at radius 3 is 2.38 bits per heavy atom. The number of nitrogen functional groups attached to an aromatic ring is 2. The minimum atomic E-state index is -0.558. The maximum absolute atomic E-state index is 10.6. The summed E-state index contributed by atoms with van der Waals surface area (Å²) in [5.41, 5.74) is 12.7. The molecule has 4 N–H and O–H groups in total. The number of anilines is 2. The summed E-state index contributed by atoms with van der Waals surface area (Å²) in [5, 5.41) is 10.6. The molecule has 0 aliphatic heterocycles. The Morgan fingerprint density at radius 1 is 1.38 bits per heavy atom. The molecule has 5 nitrogen and oxygen atoms in total. The summed E-state index contributed by atoms with van der Waals surface area (Å²) < 4.78 is 0.